The molecule has 26 heavy (non-hydrogen) atoms. The maximum Gasteiger partial charge on any atom is 0.256 e. The molecule has 0 aliphatic carbocycles. The quantitative estimate of drug-likeness (QED) is 0.831. The molecule has 0 aromatic carbocycles. The molecule has 2 N–H and O–H groups in total. The van der Waals surface area contributed by atoms with Crippen LogP contribution < -0.4 is 10.2 Å². The van der Waals surface area contributed by atoms with E-state index in [9.17, 15) is 9.90 Å². The highest BCUT2D eigenvalue weighted by atomic mass is 16.5. The monoisotopic (exact) mass is 359 g/mol. The summed E-state index contributed by atoms with van der Waals surface area (Å²) in [6.07, 6.45) is 3.59. The lowest BCUT2D eigenvalue weighted by molar-refractivity contribution is 0.0254. The SMILES string of the molecule is CCc1noc(C)c1C(=O)NC[C@]1(O)CCCN(c2cc(C)ncn2)C1. The van der Waals surface area contributed by atoms with Crippen molar-refractivity contribution in [2.75, 3.05) is 24.5 Å². The second-order valence-electron chi connectivity index (χ2n) is 6.86. The summed E-state index contributed by atoms with van der Waals surface area (Å²) in [6, 6.07) is 1.90. The number of carbonyl (C=O) groups is 1. The van der Waals surface area contributed by atoms with E-state index < -0.39 is 5.60 Å². The third-order valence-electron chi connectivity index (χ3n) is 4.74. The Morgan fingerprint density at radius 2 is 2.23 bits per heavy atom. The molecule has 0 unspecified atom stereocenters. The second-order valence-corrected chi connectivity index (χ2v) is 6.86. The summed E-state index contributed by atoms with van der Waals surface area (Å²) >= 11 is 0. The summed E-state index contributed by atoms with van der Waals surface area (Å²) in [7, 11) is 0. The number of hydrogen-bond acceptors (Lipinski definition) is 7. The van der Waals surface area contributed by atoms with E-state index >= 15 is 0 Å². The average Bonchev–Trinajstić information content (AvgIpc) is 3.00. The van der Waals surface area contributed by atoms with Crippen molar-refractivity contribution in [3.8, 4) is 0 Å². The molecule has 8 nitrogen and oxygen atoms in total. The van der Waals surface area contributed by atoms with Gasteiger partial charge in [0.25, 0.3) is 5.91 Å². The lowest BCUT2D eigenvalue weighted by Crippen LogP contribution is -2.54. The first-order chi connectivity index (χ1) is 12.4. The summed E-state index contributed by atoms with van der Waals surface area (Å²) in [4.78, 5) is 23.0. The zero-order chi connectivity index (χ0) is 18.7. The fourth-order valence-corrected chi connectivity index (χ4v) is 3.35. The van der Waals surface area contributed by atoms with Crippen LogP contribution >= 0.6 is 0 Å². The molecule has 3 heterocycles. The number of piperidine rings is 1. The van der Waals surface area contributed by atoms with Crippen LogP contribution in [0.15, 0.2) is 16.9 Å². The minimum absolute atomic E-state index is 0.167. The number of aryl methyl sites for hydroxylation is 3. The van der Waals surface area contributed by atoms with Crippen molar-refractivity contribution in [1.82, 2.24) is 20.4 Å². The van der Waals surface area contributed by atoms with Gasteiger partial charge < -0.3 is 19.8 Å². The van der Waals surface area contributed by atoms with Gasteiger partial charge in [0.05, 0.1) is 11.3 Å². The van der Waals surface area contributed by atoms with Crippen LogP contribution in [-0.2, 0) is 6.42 Å². The number of aliphatic hydroxyl groups is 1. The van der Waals surface area contributed by atoms with Gasteiger partial charge in [-0.15, -0.1) is 0 Å². The molecule has 1 amide bonds. The highest BCUT2D eigenvalue weighted by Gasteiger charge is 2.35. The number of carbonyl (C=O) groups excluding carboxylic acids is 1. The van der Waals surface area contributed by atoms with Crippen molar-refractivity contribution in [3.63, 3.8) is 0 Å². The molecule has 1 fully saturated rings. The molecule has 3 rings (SSSR count). The Hall–Kier alpha value is -2.48. The fourth-order valence-electron chi connectivity index (χ4n) is 3.35. The van der Waals surface area contributed by atoms with E-state index in [1.807, 2.05) is 24.8 Å². The summed E-state index contributed by atoms with van der Waals surface area (Å²) in [6.45, 7) is 6.94. The molecule has 0 bridgehead atoms. The zero-order valence-corrected chi connectivity index (χ0v) is 15.4. The highest BCUT2D eigenvalue weighted by Crippen LogP contribution is 2.25. The van der Waals surface area contributed by atoms with Crippen LogP contribution in [-0.4, -0.2) is 51.4 Å². The van der Waals surface area contributed by atoms with Crippen molar-refractivity contribution in [1.29, 1.82) is 0 Å². The van der Waals surface area contributed by atoms with Gasteiger partial charge in [0.2, 0.25) is 0 Å². The zero-order valence-electron chi connectivity index (χ0n) is 15.4. The molecule has 2 aromatic heterocycles. The maximum atomic E-state index is 12.5. The van der Waals surface area contributed by atoms with Gasteiger partial charge in [-0.25, -0.2) is 9.97 Å². The van der Waals surface area contributed by atoms with Crippen LogP contribution in [0, 0.1) is 13.8 Å². The average molecular weight is 359 g/mol. The molecule has 1 aliphatic heterocycles. The molecule has 0 saturated carbocycles. The van der Waals surface area contributed by atoms with Crippen LogP contribution in [0.4, 0.5) is 5.82 Å². The normalized spacial score (nSPS) is 20.2. The van der Waals surface area contributed by atoms with Crippen LogP contribution in [0.3, 0.4) is 0 Å². The van der Waals surface area contributed by atoms with Gasteiger partial charge in [0.1, 0.15) is 23.5 Å². The third kappa shape index (κ3) is 3.85. The molecule has 2 aromatic rings. The second kappa shape index (κ2) is 7.41. The van der Waals surface area contributed by atoms with Gasteiger partial charge in [0, 0.05) is 31.4 Å². The minimum Gasteiger partial charge on any atom is -0.386 e. The Balaban J connectivity index is 1.67. The van der Waals surface area contributed by atoms with Gasteiger partial charge in [-0.1, -0.05) is 12.1 Å². The topological polar surface area (TPSA) is 104 Å². The highest BCUT2D eigenvalue weighted by molar-refractivity contribution is 5.96. The molecular weight excluding hydrogens is 334 g/mol. The molecule has 140 valence electrons. The van der Waals surface area contributed by atoms with Crippen molar-refractivity contribution in [3.05, 3.63) is 35.1 Å². The van der Waals surface area contributed by atoms with Gasteiger partial charge in [-0.3, -0.25) is 4.79 Å². The van der Waals surface area contributed by atoms with E-state index in [1.54, 1.807) is 6.92 Å². The first-order valence-corrected chi connectivity index (χ1v) is 8.91. The Morgan fingerprint density at radius 3 is 2.96 bits per heavy atom. The number of anilines is 1. The van der Waals surface area contributed by atoms with Crippen LogP contribution in [0.25, 0.3) is 0 Å². The number of β-amino-alcohol motifs (C(OH)–C–C–N with tert-alkyl or cyclic N) is 1. The molecule has 8 heteroatoms. The van der Waals surface area contributed by atoms with Crippen molar-refractivity contribution < 1.29 is 14.4 Å². The standard InChI is InChI=1S/C18H25N5O3/c1-4-14-16(13(3)26-22-14)17(24)19-9-18(25)6-5-7-23(10-18)15-8-12(2)20-11-21-15/h8,11,25H,4-7,9-10H2,1-3H3,(H,19,24)/t18-/m1/s1. The number of nitrogens with zero attached hydrogens (tertiary/aromatic N) is 4. The largest absolute Gasteiger partial charge is 0.386 e. The van der Waals surface area contributed by atoms with E-state index in [1.165, 1.54) is 6.33 Å². The lowest BCUT2D eigenvalue weighted by atomic mass is 9.92. The molecule has 1 aliphatic rings. The Kier molecular flexibility index (Phi) is 5.22. The van der Waals surface area contributed by atoms with E-state index in [0.717, 1.165) is 24.5 Å². The smallest absolute Gasteiger partial charge is 0.256 e. The van der Waals surface area contributed by atoms with Crippen molar-refractivity contribution in [2.24, 2.45) is 0 Å². The van der Waals surface area contributed by atoms with Gasteiger partial charge in [-0.2, -0.15) is 0 Å². The lowest BCUT2D eigenvalue weighted by Gasteiger charge is -2.39. The number of aromatic nitrogens is 3. The first kappa shape index (κ1) is 18.3. The maximum absolute atomic E-state index is 12.5. The van der Waals surface area contributed by atoms with E-state index in [4.69, 9.17) is 4.52 Å². The predicted octanol–water partition coefficient (Wildman–Crippen LogP) is 1.41. The molecule has 1 saturated heterocycles. The molecular formula is C18H25N5O3. The fraction of sp³-hybridized carbons (Fsp3) is 0.556. The predicted molar refractivity (Wildman–Crippen MR) is 96.1 cm³/mol. The molecule has 1 atom stereocenters. The van der Waals surface area contributed by atoms with E-state index in [0.29, 0.717) is 36.4 Å². The number of rotatable bonds is 5. The summed E-state index contributed by atoms with van der Waals surface area (Å²) in [5.74, 6) is 1.03. The molecule has 0 spiro atoms. The molecule has 0 radical (unpaired) electrons. The van der Waals surface area contributed by atoms with E-state index in [-0.39, 0.29) is 12.5 Å². The number of nitrogens with one attached hydrogen (secondary N) is 1. The van der Waals surface area contributed by atoms with Crippen molar-refractivity contribution in [2.45, 2.75) is 45.6 Å². The summed E-state index contributed by atoms with van der Waals surface area (Å²) in [5.41, 5.74) is 0.973. The first-order valence-electron chi connectivity index (χ1n) is 8.91. The van der Waals surface area contributed by atoms with Gasteiger partial charge >= 0.3 is 0 Å². The summed E-state index contributed by atoms with van der Waals surface area (Å²) in [5, 5.41) is 17.7. The number of amides is 1. The Bertz CT molecular complexity index is 791. The Morgan fingerprint density at radius 1 is 1.42 bits per heavy atom. The van der Waals surface area contributed by atoms with Crippen LogP contribution in [0.1, 0.15) is 47.3 Å². The third-order valence-corrected chi connectivity index (χ3v) is 4.74. The number of hydrogen-bond donors (Lipinski definition) is 2. The Labute approximate surface area is 152 Å². The van der Waals surface area contributed by atoms with Gasteiger partial charge in [0.15, 0.2) is 0 Å². The summed E-state index contributed by atoms with van der Waals surface area (Å²) < 4.78 is 5.11. The van der Waals surface area contributed by atoms with Crippen molar-refractivity contribution >= 4 is 11.7 Å². The van der Waals surface area contributed by atoms with E-state index in [2.05, 4.69) is 20.4 Å². The van der Waals surface area contributed by atoms with Gasteiger partial charge in [-0.05, 0) is 33.1 Å². The van der Waals surface area contributed by atoms with Crippen LogP contribution in [0.5, 0.6) is 0 Å². The minimum atomic E-state index is -1.01. The van der Waals surface area contributed by atoms with Crippen LogP contribution in [0.2, 0.25) is 0 Å².